The Morgan fingerprint density at radius 2 is 1.84 bits per heavy atom. The van der Waals surface area contributed by atoms with Crippen LogP contribution < -0.4 is 16.4 Å². The second kappa shape index (κ2) is 12.9. The average Bonchev–Trinajstić information content (AvgIpc) is 3.22. The first-order chi connectivity index (χ1) is 14.5. The molecule has 178 valence electrons. The van der Waals surface area contributed by atoms with Crippen molar-refractivity contribution in [2.45, 2.75) is 77.5 Å². The van der Waals surface area contributed by atoms with Crippen LogP contribution in [0.3, 0.4) is 0 Å². The van der Waals surface area contributed by atoms with Gasteiger partial charge in [0, 0.05) is 6.54 Å². The Bertz CT molecular complexity index is 645. The van der Waals surface area contributed by atoms with Crippen molar-refractivity contribution in [1.29, 1.82) is 0 Å². The highest BCUT2D eigenvalue weighted by Gasteiger charge is 2.38. The Labute approximate surface area is 189 Å². The van der Waals surface area contributed by atoms with Crippen molar-refractivity contribution in [3.05, 3.63) is 0 Å². The number of nitrogens with zero attached hydrogens (tertiary/aromatic N) is 1. The number of carboxylic acid groups (broad SMARTS) is 1. The number of likely N-dealkylation sites (tertiary alicyclic amines) is 1. The van der Waals surface area contributed by atoms with E-state index in [1.54, 1.807) is 13.8 Å². The maximum absolute atomic E-state index is 13.0. The SMILES string of the molecule is CCC(C)C(N)C(=O)N1CCCC1C(=O)NC(CCSC)C(=O)NC(C(=O)O)C(C)C. The number of nitrogens with one attached hydrogen (secondary N) is 2. The van der Waals surface area contributed by atoms with Crippen LogP contribution in [-0.4, -0.2) is 76.4 Å². The molecule has 5 unspecified atom stereocenters. The van der Waals surface area contributed by atoms with E-state index in [-0.39, 0.29) is 17.7 Å². The lowest BCUT2D eigenvalue weighted by molar-refractivity contribution is -0.144. The highest BCUT2D eigenvalue weighted by molar-refractivity contribution is 7.98. The van der Waals surface area contributed by atoms with Gasteiger partial charge in [-0.1, -0.05) is 34.1 Å². The minimum Gasteiger partial charge on any atom is -0.480 e. The van der Waals surface area contributed by atoms with Gasteiger partial charge in [0.25, 0.3) is 0 Å². The van der Waals surface area contributed by atoms with E-state index in [0.29, 0.717) is 31.6 Å². The standard InChI is InChI=1S/C21H38N4O5S/c1-6-13(4)16(22)20(28)25-10-7-8-15(25)19(27)23-14(9-11-31-5)18(26)24-17(12(2)3)21(29)30/h12-17H,6-11,22H2,1-5H3,(H,23,27)(H,24,26)(H,29,30). The summed E-state index contributed by atoms with van der Waals surface area (Å²) in [5.41, 5.74) is 6.09. The fraction of sp³-hybridized carbons (Fsp3) is 0.810. The minimum atomic E-state index is -1.12. The van der Waals surface area contributed by atoms with Crippen LogP contribution in [0.25, 0.3) is 0 Å². The fourth-order valence-electron chi connectivity index (χ4n) is 3.53. The summed E-state index contributed by atoms with van der Waals surface area (Å²) in [5, 5.41) is 14.6. The zero-order valence-electron chi connectivity index (χ0n) is 19.2. The van der Waals surface area contributed by atoms with E-state index >= 15 is 0 Å². The second-order valence-corrected chi connectivity index (χ2v) is 9.50. The van der Waals surface area contributed by atoms with Crippen molar-refractivity contribution in [1.82, 2.24) is 15.5 Å². The third-order valence-electron chi connectivity index (χ3n) is 5.85. The van der Waals surface area contributed by atoms with Gasteiger partial charge in [0.2, 0.25) is 17.7 Å². The summed E-state index contributed by atoms with van der Waals surface area (Å²) in [6, 6.07) is -3.26. The van der Waals surface area contributed by atoms with Crippen LogP contribution in [0.1, 0.15) is 53.4 Å². The van der Waals surface area contributed by atoms with Crippen LogP contribution in [0, 0.1) is 11.8 Å². The molecule has 5 atom stereocenters. The summed E-state index contributed by atoms with van der Waals surface area (Å²) in [6.07, 6.45) is 4.20. The molecule has 0 aromatic heterocycles. The van der Waals surface area contributed by atoms with Crippen molar-refractivity contribution in [3.63, 3.8) is 0 Å². The first-order valence-corrected chi connectivity index (χ1v) is 12.3. The zero-order valence-corrected chi connectivity index (χ0v) is 20.0. The maximum atomic E-state index is 13.0. The van der Waals surface area contributed by atoms with Gasteiger partial charge < -0.3 is 26.4 Å². The summed E-state index contributed by atoms with van der Waals surface area (Å²) in [6.45, 7) is 7.73. The van der Waals surface area contributed by atoms with Crippen molar-refractivity contribution < 1.29 is 24.3 Å². The number of nitrogens with two attached hydrogens (primary N) is 1. The second-order valence-electron chi connectivity index (χ2n) is 8.51. The number of thioether (sulfide) groups is 1. The first kappa shape index (κ1) is 27.2. The highest BCUT2D eigenvalue weighted by atomic mass is 32.2. The molecule has 1 saturated heterocycles. The number of hydrogen-bond donors (Lipinski definition) is 4. The Morgan fingerprint density at radius 3 is 2.35 bits per heavy atom. The van der Waals surface area contributed by atoms with E-state index in [4.69, 9.17) is 5.73 Å². The average molecular weight is 459 g/mol. The summed E-state index contributed by atoms with van der Waals surface area (Å²) >= 11 is 1.52. The van der Waals surface area contributed by atoms with Gasteiger partial charge in [0.15, 0.2) is 0 Å². The van der Waals surface area contributed by atoms with E-state index in [2.05, 4.69) is 10.6 Å². The Morgan fingerprint density at radius 1 is 1.19 bits per heavy atom. The molecule has 1 rings (SSSR count). The minimum absolute atomic E-state index is 0.000835. The molecular formula is C21H38N4O5S. The van der Waals surface area contributed by atoms with Gasteiger partial charge in [-0.15, -0.1) is 0 Å². The predicted octanol–water partition coefficient (Wildman–Crippen LogP) is 0.814. The highest BCUT2D eigenvalue weighted by Crippen LogP contribution is 2.21. The van der Waals surface area contributed by atoms with E-state index in [1.807, 2.05) is 20.1 Å². The molecule has 0 saturated carbocycles. The third kappa shape index (κ3) is 7.68. The lowest BCUT2D eigenvalue weighted by Crippen LogP contribution is -2.57. The molecule has 0 aromatic carbocycles. The fourth-order valence-corrected chi connectivity index (χ4v) is 4.00. The molecule has 1 heterocycles. The van der Waals surface area contributed by atoms with Crippen molar-refractivity contribution in [2.75, 3.05) is 18.6 Å². The number of rotatable bonds is 12. The Kier molecular flexibility index (Phi) is 11.3. The molecule has 0 spiro atoms. The molecule has 3 amide bonds. The number of amides is 3. The van der Waals surface area contributed by atoms with Crippen LogP contribution >= 0.6 is 11.8 Å². The topological polar surface area (TPSA) is 142 Å². The molecule has 5 N–H and O–H groups in total. The van der Waals surface area contributed by atoms with Crippen LogP contribution in [0.4, 0.5) is 0 Å². The molecule has 0 radical (unpaired) electrons. The van der Waals surface area contributed by atoms with Gasteiger partial charge in [0.1, 0.15) is 18.1 Å². The van der Waals surface area contributed by atoms with Crippen LogP contribution in [0.15, 0.2) is 0 Å². The van der Waals surface area contributed by atoms with Gasteiger partial charge in [-0.2, -0.15) is 11.8 Å². The van der Waals surface area contributed by atoms with E-state index in [1.165, 1.54) is 16.7 Å². The van der Waals surface area contributed by atoms with Crippen molar-refractivity contribution in [3.8, 4) is 0 Å². The number of carbonyl (C=O) groups excluding carboxylic acids is 3. The molecule has 0 aromatic rings. The van der Waals surface area contributed by atoms with E-state index in [0.717, 1.165) is 6.42 Å². The van der Waals surface area contributed by atoms with Gasteiger partial charge in [0.05, 0.1) is 6.04 Å². The largest absolute Gasteiger partial charge is 0.480 e. The molecular weight excluding hydrogens is 420 g/mol. The van der Waals surface area contributed by atoms with Gasteiger partial charge >= 0.3 is 5.97 Å². The monoisotopic (exact) mass is 458 g/mol. The van der Waals surface area contributed by atoms with E-state index in [9.17, 15) is 24.3 Å². The van der Waals surface area contributed by atoms with Crippen molar-refractivity contribution in [2.24, 2.45) is 17.6 Å². The summed E-state index contributed by atoms with van der Waals surface area (Å²) < 4.78 is 0. The lowest BCUT2D eigenvalue weighted by atomic mass is 9.98. The normalized spacial score (nSPS) is 20.1. The number of aliphatic carboxylic acids is 1. The van der Waals surface area contributed by atoms with Gasteiger partial charge in [-0.25, -0.2) is 4.79 Å². The zero-order chi connectivity index (χ0) is 23.7. The maximum Gasteiger partial charge on any atom is 0.326 e. The van der Waals surface area contributed by atoms with Gasteiger partial charge in [-0.05, 0) is 43.1 Å². The number of hydrogen-bond acceptors (Lipinski definition) is 6. The van der Waals surface area contributed by atoms with Gasteiger partial charge in [-0.3, -0.25) is 14.4 Å². The molecule has 31 heavy (non-hydrogen) atoms. The van der Waals surface area contributed by atoms with Crippen LogP contribution in [0.5, 0.6) is 0 Å². The molecule has 1 aliphatic rings. The van der Waals surface area contributed by atoms with Crippen LogP contribution in [-0.2, 0) is 19.2 Å². The smallest absolute Gasteiger partial charge is 0.326 e. The molecule has 1 aliphatic heterocycles. The first-order valence-electron chi connectivity index (χ1n) is 10.9. The van der Waals surface area contributed by atoms with E-state index < -0.39 is 42.0 Å². The summed E-state index contributed by atoms with van der Waals surface area (Å²) in [7, 11) is 0. The third-order valence-corrected chi connectivity index (χ3v) is 6.50. The molecule has 9 nitrogen and oxygen atoms in total. The van der Waals surface area contributed by atoms with Crippen LogP contribution in [0.2, 0.25) is 0 Å². The molecule has 10 heteroatoms. The predicted molar refractivity (Wildman–Crippen MR) is 121 cm³/mol. The molecule has 1 fully saturated rings. The quantitative estimate of drug-likeness (QED) is 0.339. The summed E-state index contributed by atoms with van der Waals surface area (Å²) in [4.78, 5) is 51.6. The summed E-state index contributed by atoms with van der Waals surface area (Å²) in [5.74, 6) is -1.99. The Balaban J connectivity index is 2.91. The molecule has 0 aliphatic carbocycles. The number of carbonyl (C=O) groups is 4. The van der Waals surface area contributed by atoms with Crippen molar-refractivity contribution >= 4 is 35.5 Å². The molecule has 0 bridgehead atoms. The number of carboxylic acids is 1. The Hall–Kier alpha value is -1.81. The lowest BCUT2D eigenvalue weighted by Gasteiger charge is -2.30.